The van der Waals surface area contributed by atoms with Gasteiger partial charge in [-0.15, -0.1) is 0 Å². The van der Waals surface area contributed by atoms with E-state index >= 15 is 0 Å². The Labute approximate surface area is 148 Å². The van der Waals surface area contributed by atoms with Crippen molar-refractivity contribution in [3.05, 3.63) is 77.9 Å². The standard InChI is InChI=1S/C20H15F2NO3/c1-12(26-20(25)17-9-7-15(21)11-18(17)22)19(24)23-16-8-6-13-4-2-3-5-14(13)10-16/h2-12H,1H3,(H,23,24)/t12-/m0/s1. The summed E-state index contributed by atoms with van der Waals surface area (Å²) in [6.07, 6.45) is -1.15. The first kappa shape index (κ1) is 17.5. The minimum atomic E-state index is -1.15. The van der Waals surface area contributed by atoms with Crippen LogP contribution < -0.4 is 5.32 Å². The summed E-state index contributed by atoms with van der Waals surface area (Å²) in [4.78, 5) is 24.2. The van der Waals surface area contributed by atoms with Gasteiger partial charge in [0.1, 0.15) is 11.6 Å². The van der Waals surface area contributed by atoms with Crippen molar-refractivity contribution in [2.45, 2.75) is 13.0 Å². The minimum absolute atomic E-state index is 0.434. The van der Waals surface area contributed by atoms with Crippen LogP contribution in [-0.4, -0.2) is 18.0 Å². The number of benzene rings is 3. The normalized spacial score (nSPS) is 11.8. The SMILES string of the molecule is C[C@H](OC(=O)c1ccc(F)cc1F)C(=O)Nc1ccc2ccccc2c1. The Morgan fingerprint density at radius 3 is 2.42 bits per heavy atom. The lowest BCUT2D eigenvalue weighted by atomic mass is 10.1. The molecule has 0 bridgehead atoms. The maximum absolute atomic E-state index is 13.6. The van der Waals surface area contributed by atoms with E-state index in [0.717, 1.165) is 22.9 Å². The Hall–Kier alpha value is -3.28. The molecule has 0 saturated carbocycles. The molecule has 6 heteroatoms. The third-order valence-corrected chi connectivity index (χ3v) is 3.82. The second-order valence-corrected chi connectivity index (χ2v) is 5.72. The fraction of sp³-hybridized carbons (Fsp3) is 0.100. The predicted octanol–water partition coefficient (Wildman–Crippen LogP) is 4.30. The number of fused-ring (bicyclic) bond motifs is 1. The molecule has 26 heavy (non-hydrogen) atoms. The molecule has 1 amide bonds. The summed E-state index contributed by atoms with van der Waals surface area (Å²) in [5, 5.41) is 4.62. The molecule has 1 atom stereocenters. The van der Waals surface area contributed by atoms with Crippen LogP contribution in [0.2, 0.25) is 0 Å². The molecule has 0 saturated heterocycles. The van der Waals surface area contributed by atoms with Gasteiger partial charge in [0.05, 0.1) is 5.56 Å². The van der Waals surface area contributed by atoms with E-state index in [0.29, 0.717) is 11.8 Å². The van der Waals surface area contributed by atoms with Crippen LogP contribution in [0.15, 0.2) is 60.7 Å². The van der Waals surface area contributed by atoms with Crippen LogP contribution in [0, 0.1) is 11.6 Å². The summed E-state index contributed by atoms with van der Waals surface area (Å²) < 4.78 is 31.5. The highest BCUT2D eigenvalue weighted by atomic mass is 19.1. The highest BCUT2D eigenvalue weighted by molar-refractivity contribution is 5.99. The highest BCUT2D eigenvalue weighted by Gasteiger charge is 2.21. The van der Waals surface area contributed by atoms with Crippen LogP contribution in [0.1, 0.15) is 17.3 Å². The first-order valence-electron chi connectivity index (χ1n) is 7.90. The van der Waals surface area contributed by atoms with Gasteiger partial charge in [-0.2, -0.15) is 0 Å². The average molecular weight is 355 g/mol. The summed E-state index contributed by atoms with van der Waals surface area (Å²) in [7, 11) is 0. The number of ether oxygens (including phenoxy) is 1. The Morgan fingerprint density at radius 2 is 1.69 bits per heavy atom. The first-order chi connectivity index (χ1) is 12.4. The van der Waals surface area contributed by atoms with E-state index in [1.807, 2.05) is 30.3 Å². The van der Waals surface area contributed by atoms with Gasteiger partial charge in [0.25, 0.3) is 5.91 Å². The number of esters is 1. The van der Waals surface area contributed by atoms with Gasteiger partial charge in [-0.25, -0.2) is 13.6 Å². The molecule has 132 valence electrons. The topological polar surface area (TPSA) is 55.4 Å². The largest absolute Gasteiger partial charge is 0.449 e. The third kappa shape index (κ3) is 3.85. The lowest BCUT2D eigenvalue weighted by Gasteiger charge is -2.14. The van der Waals surface area contributed by atoms with E-state index in [1.54, 1.807) is 12.1 Å². The molecule has 4 nitrogen and oxygen atoms in total. The molecule has 0 spiro atoms. The monoisotopic (exact) mass is 355 g/mol. The van der Waals surface area contributed by atoms with Crippen molar-refractivity contribution in [2.75, 3.05) is 5.32 Å². The van der Waals surface area contributed by atoms with Gasteiger partial charge in [0.2, 0.25) is 0 Å². The predicted molar refractivity (Wildman–Crippen MR) is 93.8 cm³/mol. The molecule has 3 aromatic carbocycles. The number of carbonyl (C=O) groups is 2. The van der Waals surface area contributed by atoms with Crippen molar-refractivity contribution in [1.29, 1.82) is 0 Å². The van der Waals surface area contributed by atoms with Gasteiger partial charge >= 0.3 is 5.97 Å². The molecule has 0 aliphatic rings. The number of nitrogens with one attached hydrogen (secondary N) is 1. The number of halogens is 2. The zero-order valence-corrected chi connectivity index (χ0v) is 13.8. The maximum Gasteiger partial charge on any atom is 0.341 e. The summed E-state index contributed by atoms with van der Waals surface area (Å²) in [5.41, 5.74) is 0.112. The molecule has 0 fully saturated rings. The quantitative estimate of drug-likeness (QED) is 0.710. The van der Waals surface area contributed by atoms with Crippen molar-refractivity contribution in [2.24, 2.45) is 0 Å². The van der Waals surface area contributed by atoms with Crippen molar-refractivity contribution >= 4 is 28.3 Å². The first-order valence-corrected chi connectivity index (χ1v) is 7.90. The summed E-state index contributed by atoms with van der Waals surface area (Å²) in [6.45, 7) is 1.37. The molecule has 3 rings (SSSR count). The fourth-order valence-electron chi connectivity index (χ4n) is 2.44. The lowest BCUT2D eigenvalue weighted by Crippen LogP contribution is -2.30. The lowest BCUT2D eigenvalue weighted by molar-refractivity contribution is -0.123. The number of hydrogen-bond acceptors (Lipinski definition) is 3. The Bertz CT molecular complexity index is 988. The third-order valence-electron chi connectivity index (χ3n) is 3.82. The van der Waals surface area contributed by atoms with Gasteiger partial charge in [-0.05, 0) is 42.0 Å². The summed E-state index contributed by atoms with van der Waals surface area (Å²) >= 11 is 0. The Balaban J connectivity index is 1.67. The molecule has 0 aliphatic heterocycles. The van der Waals surface area contributed by atoms with Crippen molar-refractivity contribution in [1.82, 2.24) is 0 Å². The molecular formula is C20H15F2NO3. The fourth-order valence-corrected chi connectivity index (χ4v) is 2.44. The van der Waals surface area contributed by atoms with Crippen molar-refractivity contribution < 1.29 is 23.1 Å². The van der Waals surface area contributed by atoms with Crippen LogP contribution in [0.5, 0.6) is 0 Å². The van der Waals surface area contributed by atoms with Crippen LogP contribution >= 0.6 is 0 Å². The van der Waals surface area contributed by atoms with E-state index in [-0.39, 0.29) is 0 Å². The number of anilines is 1. The van der Waals surface area contributed by atoms with E-state index < -0.39 is 35.2 Å². The van der Waals surface area contributed by atoms with E-state index in [2.05, 4.69) is 5.32 Å². The van der Waals surface area contributed by atoms with Crippen LogP contribution in [0.3, 0.4) is 0 Å². The maximum atomic E-state index is 13.6. The number of carbonyl (C=O) groups excluding carboxylic acids is 2. The highest BCUT2D eigenvalue weighted by Crippen LogP contribution is 2.19. The van der Waals surface area contributed by atoms with Crippen molar-refractivity contribution in [3.8, 4) is 0 Å². The molecule has 0 aromatic heterocycles. The van der Waals surface area contributed by atoms with Gasteiger partial charge in [0, 0.05) is 11.8 Å². The molecule has 1 N–H and O–H groups in total. The van der Waals surface area contributed by atoms with E-state index in [9.17, 15) is 18.4 Å². The van der Waals surface area contributed by atoms with Crippen LogP contribution in [0.4, 0.5) is 14.5 Å². The smallest absolute Gasteiger partial charge is 0.341 e. The summed E-state index contributed by atoms with van der Waals surface area (Å²) in [5.74, 6) is -3.45. The Kier molecular flexibility index (Phi) is 4.93. The zero-order chi connectivity index (χ0) is 18.7. The second-order valence-electron chi connectivity index (χ2n) is 5.72. The molecule has 3 aromatic rings. The van der Waals surface area contributed by atoms with Gasteiger partial charge in [0.15, 0.2) is 6.10 Å². The summed E-state index contributed by atoms with van der Waals surface area (Å²) in [6, 6.07) is 15.5. The van der Waals surface area contributed by atoms with Gasteiger partial charge in [-0.3, -0.25) is 4.79 Å². The van der Waals surface area contributed by atoms with Crippen LogP contribution in [-0.2, 0) is 9.53 Å². The number of amides is 1. The van der Waals surface area contributed by atoms with Gasteiger partial charge in [-0.1, -0.05) is 30.3 Å². The second kappa shape index (κ2) is 7.31. The average Bonchev–Trinajstić information content (AvgIpc) is 2.61. The number of hydrogen-bond donors (Lipinski definition) is 1. The van der Waals surface area contributed by atoms with Crippen molar-refractivity contribution in [3.63, 3.8) is 0 Å². The van der Waals surface area contributed by atoms with E-state index in [1.165, 1.54) is 6.92 Å². The minimum Gasteiger partial charge on any atom is -0.449 e. The molecular weight excluding hydrogens is 340 g/mol. The van der Waals surface area contributed by atoms with E-state index in [4.69, 9.17) is 4.74 Å². The van der Waals surface area contributed by atoms with Crippen LogP contribution in [0.25, 0.3) is 10.8 Å². The molecule has 0 radical (unpaired) electrons. The zero-order valence-electron chi connectivity index (χ0n) is 13.8. The molecule has 0 heterocycles. The molecule has 0 unspecified atom stereocenters. The molecule has 0 aliphatic carbocycles. The Morgan fingerprint density at radius 1 is 0.962 bits per heavy atom. The number of rotatable bonds is 4. The van der Waals surface area contributed by atoms with Gasteiger partial charge < -0.3 is 10.1 Å².